The number of anilines is 1. The van der Waals surface area contributed by atoms with Crippen LogP contribution >= 0.6 is 0 Å². The molecule has 0 radical (unpaired) electrons. The van der Waals surface area contributed by atoms with E-state index >= 15 is 0 Å². The second-order valence-corrected chi connectivity index (χ2v) is 7.42. The van der Waals surface area contributed by atoms with Crippen molar-refractivity contribution >= 4 is 23.6 Å². The SMILES string of the molecule is CCC[C@@H](NC(=O)COC(=O)CCc1c(C)nc2nc(N)nn2c1C)c1ccccc1. The topological polar surface area (TPSA) is 124 Å². The van der Waals surface area contributed by atoms with E-state index in [1.54, 1.807) is 4.52 Å². The number of nitrogens with one attached hydrogen (secondary N) is 1. The Morgan fingerprint density at radius 1 is 1.19 bits per heavy atom. The molecule has 3 aromatic rings. The maximum absolute atomic E-state index is 12.3. The number of fused-ring (bicyclic) bond motifs is 1. The number of ether oxygens (including phenoxy) is 1. The summed E-state index contributed by atoms with van der Waals surface area (Å²) in [5.41, 5.74) is 9.14. The van der Waals surface area contributed by atoms with Gasteiger partial charge < -0.3 is 15.8 Å². The van der Waals surface area contributed by atoms with E-state index in [0.717, 1.165) is 35.4 Å². The molecule has 1 amide bonds. The third-order valence-corrected chi connectivity index (χ3v) is 5.12. The van der Waals surface area contributed by atoms with Crippen molar-refractivity contribution in [1.29, 1.82) is 0 Å². The van der Waals surface area contributed by atoms with Crippen LogP contribution in [0.3, 0.4) is 0 Å². The summed E-state index contributed by atoms with van der Waals surface area (Å²) >= 11 is 0. The fourth-order valence-corrected chi connectivity index (χ4v) is 3.56. The Labute approximate surface area is 181 Å². The van der Waals surface area contributed by atoms with Gasteiger partial charge in [0.1, 0.15) is 0 Å². The molecular formula is C22H28N6O3. The van der Waals surface area contributed by atoms with Gasteiger partial charge >= 0.3 is 5.97 Å². The molecule has 164 valence electrons. The molecule has 0 saturated heterocycles. The number of amides is 1. The van der Waals surface area contributed by atoms with Crippen LogP contribution in [0.25, 0.3) is 5.78 Å². The highest BCUT2D eigenvalue weighted by atomic mass is 16.5. The van der Waals surface area contributed by atoms with Crippen LogP contribution in [-0.4, -0.2) is 38.1 Å². The number of nitrogens with zero attached hydrogens (tertiary/aromatic N) is 4. The second kappa shape index (κ2) is 10.0. The lowest BCUT2D eigenvalue weighted by Gasteiger charge is -2.18. The minimum Gasteiger partial charge on any atom is -0.456 e. The Bertz CT molecular complexity index is 1060. The van der Waals surface area contributed by atoms with Gasteiger partial charge in [-0.25, -0.2) is 4.98 Å². The highest BCUT2D eigenvalue weighted by Crippen LogP contribution is 2.18. The predicted molar refractivity (Wildman–Crippen MR) is 116 cm³/mol. The molecule has 2 heterocycles. The first-order chi connectivity index (χ1) is 14.9. The van der Waals surface area contributed by atoms with Crippen LogP contribution < -0.4 is 11.1 Å². The molecule has 0 spiro atoms. The first-order valence-electron chi connectivity index (χ1n) is 10.4. The molecule has 0 fully saturated rings. The summed E-state index contributed by atoms with van der Waals surface area (Å²) < 4.78 is 6.75. The van der Waals surface area contributed by atoms with Gasteiger partial charge in [0.2, 0.25) is 5.95 Å². The second-order valence-electron chi connectivity index (χ2n) is 7.42. The smallest absolute Gasteiger partial charge is 0.306 e. The maximum atomic E-state index is 12.3. The summed E-state index contributed by atoms with van der Waals surface area (Å²) in [4.78, 5) is 33.0. The van der Waals surface area contributed by atoms with Crippen molar-refractivity contribution in [3.05, 3.63) is 52.8 Å². The Morgan fingerprint density at radius 2 is 1.94 bits per heavy atom. The number of benzene rings is 1. The van der Waals surface area contributed by atoms with Crippen molar-refractivity contribution in [2.75, 3.05) is 12.3 Å². The number of esters is 1. The van der Waals surface area contributed by atoms with E-state index in [1.165, 1.54) is 0 Å². The van der Waals surface area contributed by atoms with Gasteiger partial charge in [-0.3, -0.25) is 9.59 Å². The summed E-state index contributed by atoms with van der Waals surface area (Å²) in [6.45, 7) is 5.48. The lowest BCUT2D eigenvalue weighted by molar-refractivity contribution is -0.148. The number of aryl methyl sites for hydroxylation is 2. The molecule has 3 rings (SSSR count). The van der Waals surface area contributed by atoms with Crippen molar-refractivity contribution in [2.45, 2.75) is 52.5 Å². The minimum absolute atomic E-state index is 0.101. The Balaban J connectivity index is 1.53. The number of carbonyl (C=O) groups is 2. The molecule has 1 atom stereocenters. The van der Waals surface area contributed by atoms with Gasteiger partial charge in [-0.2, -0.15) is 9.50 Å². The van der Waals surface area contributed by atoms with Crippen LogP contribution in [-0.2, 0) is 20.7 Å². The van der Waals surface area contributed by atoms with Gasteiger partial charge in [-0.05, 0) is 37.8 Å². The third-order valence-electron chi connectivity index (χ3n) is 5.12. The molecule has 0 saturated carbocycles. The minimum atomic E-state index is -0.445. The molecule has 0 aliphatic rings. The third kappa shape index (κ3) is 5.56. The zero-order valence-electron chi connectivity index (χ0n) is 18.1. The van der Waals surface area contributed by atoms with Crippen molar-refractivity contribution in [3.63, 3.8) is 0 Å². The molecule has 2 aromatic heterocycles. The molecule has 0 bridgehead atoms. The summed E-state index contributed by atoms with van der Waals surface area (Å²) in [5, 5.41) is 7.07. The number of nitrogen functional groups attached to an aromatic ring is 1. The average Bonchev–Trinajstić information content (AvgIpc) is 3.12. The van der Waals surface area contributed by atoms with E-state index in [2.05, 4.69) is 27.3 Å². The zero-order valence-corrected chi connectivity index (χ0v) is 18.1. The van der Waals surface area contributed by atoms with Crippen molar-refractivity contribution < 1.29 is 14.3 Å². The van der Waals surface area contributed by atoms with Crippen LogP contribution in [0.15, 0.2) is 30.3 Å². The number of aromatic nitrogens is 4. The van der Waals surface area contributed by atoms with Gasteiger partial charge in [0.15, 0.2) is 6.61 Å². The predicted octanol–water partition coefficient (Wildman–Crippen LogP) is 2.46. The van der Waals surface area contributed by atoms with Crippen LogP contribution in [0.5, 0.6) is 0 Å². The maximum Gasteiger partial charge on any atom is 0.306 e. The molecule has 0 aliphatic carbocycles. The molecular weight excluding hydrogens is 396 g/mol. The summed E-state index contributed by atoms with van der Waals surface area (Å²) in [6, 6.07) is 9.66. The fourth-order valence-electron chi connectivity index (χ4n) is 3.56. The van der Waals surface area contributed by atoms with Gasteiger partial charge in [0.05, 0.1) is 6.04 Å². The highest BCUT2D eigenvalue weighted by Gasteiger charge is 2.17. The van der Waals surface area contributed by atoms with Crippen molar-refractivity contribution in [2.24, 2.45) is 0 Å². The van der Waals surface area contributed by atoms with E-state index in [-0.39, 0.29) is 30.9 Å². The van der Waals surface area contributed by atoms with Gasteiger partial charge in [-0.1, -0.05) is 43.7 Å². The molecule has 3 N–H and O–H groups in total. The molecule has 0 aliphatic heterocycles. The van der Waals surface area contributed by atoms with Crippen molar-refractivity contribution in [3.8, 4) is 0 Å². The monoisotopic (exact) mass is 424 g/mol. The zero-order chi connectivity index (χ0) is 22.4. The highest BCUT2D eigenvalue weighted by molar-refractivity contribution is 5.81. The molecule has 9 nitrogen and oxygen atoms in total. The Morgan fingerprint density at radius 3 is 2.65 bits per heavy atom. The number of rotatable bonds is 9. The van der Waals surface area contributed by atoms with E-state index < -0.39 is 5.97 Å². The van der Waals surface area contributed by atoms with E-state index in [4.69, 9.17) is 10.5 Å². The lowest BCUT2D eigenvalue weighted by atomic mass is 10.0. The lowest BCUT2D eigenvalue weighted by Crippen LogP contribution is -2.32. The van der Waals surface area contributed by atoms with E-state index in [9.17, 15) is 9.59 Å². The van der Waals surface area contributed by atoms with E-state index in [1.807, 2.05) is 44.2 Å². The van der Waals surface area contributed by atoms with E-state index in [0.29, 0.717) is 12.2 Å². The summed E-state index contributed by atoms with van der Waals surface area (Å²) in [6.07, 6.45) is 2.28. The van der Waals surface area contributed by atoms with Crippen LogP contribution in [0.1, 0.15) is 54.7 Å². The first-order valence-corrected chi connectivity index (χ1v) is 10.4. The molecule has 31 heavy (non-hydrogen) atoms. The quantitative estimate of drug-likeness (QED) is 0.506. The first kappa shape index (κ1) is 22.2. The van der Waals surface area contributed by atoms with Gasteiger partial charge in [-0.15, -0.1) is 5.10 Å². The normalized spacial score (nSPS) is 12.0. The fraction of sp³-hybridized carbons (Fsp3) is 0.409. The number of hydrogen-bond donors (Lipinski definition) is 2. The Hall–Kier alpha value is -3.49. The standard InChI is InChI=1S/C22H28N6O3/c1-4-8-18(16-9-6-5-7-10-16)25-19(29)13-31-20(30)12-11-17-14(2)24-22-26-21(23)27-28(22)15(17)3/h5-7,9-10,18H,4,8,11-13H2,1-3H3,(H2,23,27)(H,25,29)/t18-/m1/s1. The molecule has 0 unspecified atom stereocenters. The van der Waals surface area contributed by atoms with Crippen LogP contribution in [0.2, 0.25) is 0 Å². The number of hydrogen-bond acceptors (Lipinski definition) is 7. The van der Waals surface area contributed by atoms with Gasteiger partial charge in [0.25, 0.3) is 11.7 Å². The number of nitrogens with two attached hydrogens (primary N) is 1. The molecule has 1 aromatic carbocycles. The Kier molecular flexibility index (Phi) is 7.17. The van der Waals surface area contributed by atoms with Gasteiger partial charge in [0, 0.05) is 17.8 Å². The average molecular weight is 425 g/mol. The van der Waals surface area contributed by atoms with Crippen LogP contribution in [0, 0.1) is 13.8 Å². The summed E-state index contributed by atoms with van der Waals surface area (Å²) in [5.74, 6) is -0.187. The van der Waals surface area contributed by atoms with Crippen molar-refractivity contribution in [1.82, 2.24) is 24.9 Å². The largest absolute Gasteiger partial charge is 0.456 e. The van der Waals surface area contributed by atoms with Crippen LogP contribution in [0.4, 0.5) is 5.95 Å². The number of carbonyl (C=O) groups excluding carboxylic acids is 2. The summed E-state index contributed by atoms with van der Waals surface area (Å²) in [7, 11) is 0. The molecule has 9 heteroatoms.